The Kier molecular flexibility index (Phi) is 5.39. The maximum absolute atomic E-state index is 13.0. The lowest BCUT2D eigenvalue weighted by Gasteiger charge is -2.31. The number of carbonyl (C=O) groups is 3. The molecule has 2 heterocycles. The van der Waals surface area contributed by atoms with Crippen LogP contribution in [0.25, 0.3) is 0 Å². The highest BCUT2D eigenvalue weighted by molar-refractivity contribution is 5.99. The maximum atomic E-state index is 13.0. The molecular formula is C22H22FN3O4. The van der Waals surface area contributed by atoms with Gasteiger partial charge in [-0.15, -0.1) is 0 Å². The van der Waals surface area contributed by atoms with Crippen molar-refractivity contribution in [1.29, 1.82) is 0 Å². The first-order valence-corrected chi connectivity index (χ1v) is 9.88. The van der Waals surface area contributed by atoms with Gasteiger partial charge in [0.1, 0.15) is 11.6 Å². The van der Waals surface area contributed by atoms with Crippen molar-refractivity contribution in [3.63, 3.8) is 0 Å². The topological polar surface area (TPSA) is 87.7 Å². The number of amides is 3. The fraction of sp³-hybridized carbons (Fsp3) is 0.318. The van der Waals surface area contributed by atoms with Gasteiger partial charge >= 0.3 is 0 Å². The van der Waals surface area contributed by atoms with Crippen LogP contribution in [-0.2, 0) is 9.59 Å². The molecular weight excluding hydrogens is 389 g/mol. The molecule has 0 aliphatic carbocycles. The molecule has 2 aromatic carbocycles. The Labute approximate surface area is 173 Å². The highest BCUT2D eigenvalue weighted by Gasteiger charge is 2.28. The Balaban J connectivity index is 1.34. The molecule has 0 radical (unpaired) electrons. The Morgan fingerprint density at radius 3 is 2.53 bits per heavy atom. The van der Waals surface area contributed by atoms with Gasteiger partial charge < -0.3 is 20.3 Å². The number of carbonyl (C=O) groups excluding carboxylic acids is 3. The summed E-state index contributed by atoms with van der Waals surface area (Å²) in [7, 11) is 0. The summed E-state index contributed by atoms with van der Waals surface area (Å²) in [4.78, 5) is 38.6. The van der Waals surface area contributed by atoms with Crippen LogP contribution in [0.4, 0.5) is 15.8 Å². The summed E-state index contributed by atoms with van der Waals surface area (Å²) in [5.74, 6) is -0.556. The molecule has 30 heavy (non-hydrogen) atoms. The zero-order chi connectivity index (χ0) is 21.3. The largest absolute Gasteiger partial charge is 0.479 e. The molecule has 1 atom stereocenters. The molecule has 4 rings (SSSR count). The Bertz CT molecular complexity index is 984. The molecule has 0 saturated carbocycles. The molecule has 1 unspecified atom stereocenters. The molecule has 2 N–H and O–H groups in total. The van der Waals surface area contributed by atoms with Gasteiger partial charge in [-0.25, -0.2) is 4.39 Å². The van der Waals surface area contributed by atoms with E-state index in [4.69, 9.17) is 4.74 Å². The number of nitrogens with zero attached hydrogens (tertiary/aromatic N) is 1. The molecule has 0 spiro atoms. The van der Waals surface area contributed by atoms with E-state index in [0.29, 0.717) is 48.6 Å². The Morgan fingerprint density at radius 1 is 1.13 bits per heavy atom. The number of benzene rings is 2. The second kappa shape index (κ2) is 8.14. The standard InChI is InChI=1S/C22H22FN3O4/c1-13-20(27)25-18-12-17(6-7-19(18)30-13)24-21(28)14-8-10-26(11-9-14)22(29)15-2-4-16(23)5-3-15/h2-7,12-14H,8-11H2,1H3,(H,24,28)(H,25,27). The lowest BCUT2D eigenvalue weighted by atomic mass is 9.95. The minimum Gasteiger partial charge on any atom is -0.479 e. The molecule has 156 valence electrons. The summed E-state index contributed by atoms with van der Waals surface area (Å²) in [6, 6.07) is 10.6. The quantitative estimate of drug-likeness (QED) is 0.813. The van der Waals surface area contributed by atoms with Crippen LogP contribution in [0.15, 0.2) is 42.5 Å². The van der Waals surface area contributed by atoms with Crippen LogP contribution in [-0.4, -0.2) is 41.8 Å². The summed E-state index contributed by atoms with van der Waals surface area (Å²) >= 11 is 0. The zero-order valence-electron chi connectivity index (χ0n) is 16.5. The van der Waals surface area contributed by atoms with Gasteiger partial charge in [-0.2, -0.15) is 0 Å². The van der Waals surface area contributed by atoms with Crippen molar-refractivity contribution in [2.24, 2.45) is 5.92 Å². The number of halogens is 1. The van der Waals surface area contributed by atoms with Crippen molar-refractivity contribution in [2.45, 2.75) is 25.9 Å². The van der Waals surface area contributed by atoms with Crippen LogP contribution >= 0.6 is 0 Å². The number of anilines is 2. The average Bonchev–Trinajstić information content (AvgIpc) is 2.75. The zero-order valence-corrected chi connectivity index (χ0v) is 16.5. The van der Waals surface area contributed by atoms with Crippen LogP contribution in [0.3, 0.4) is 0 Å². The summed E-state index contributed by atoms with van der Waals surface area (Å²) in [6.45, 7) is 2.59. The van der Waals surface area contributed by atoms with Gasteiger partial charge in [0.25, 0.3) is 11.8 Å². The molecule has 8 heteroatoms. The number of rotatable bonds is 3. The van der Waals surface area contributed by atoms with Crippen LogP contribution in [0.5, 0.6) is 5.75 Å². The van der Waals surface area contributed by atoms with E-state index in [2.05, 4.69) is 10.6 Å². The average molecular weight is 411 g/mol. The predicted molar refractivity (Wildman–Crippen MR) is 109 cm³/mol. The second-order valence-corrected chi connectivity index (χ2v) is 7.52. The number of likely N-dealkylation sites (tertiary alicyclic amines) is 1. The third kappa shape index (κ3) is 4.12. The van der Waals surface area contributed by atoms with Crippen molar-refractivity contribution in [3.05, 3.63) is 53.8 Å². The first-order valence-electron chi connectivity index (χ1n) is 9.88. The van der Waals surface area contributed by atoms with Crippen LogP contribution in [0.2, 0.25) is 0 Å². The van der Waals surface area contributed by atoms with E-state index in [-0.39, 0.29) is 29.5 Å². The Morgan fingerprint density at radius 2 is 1.83 bits per heavy atom. The van der Waals surface area contributed by atoms with Gasteiger partial charge in [0.15, 0.2) is 6.10 Å². The minimum absolute atomic E-state index is 0.125. The summed E-state index contributed by atoms with van der Waals surface area (Å²) < 4.78 is 18.6. The molecule has 1 fully saturated rings. The highest BCUT2D eigenvalue weighted by atomic mass is 19.1. The predicted octanol–water partition coefficient (Wildman–Crippen LogP) is 3.04. The lowest BCUT2D eigenvalue weighted by molar-refractivity contribution is -0.122. The lowest BCUT2D eigenvalue weighted by Crippen LogP contribution is -2.41. The highest BCUT2D eigenvalue weighted by Crippen LogP contribution is 2.32. The third-order valence-corrected chi connectivity index (χ3v) is 5.42. The number of piperidine rings is 1. The second-order valence-electron chi connectivity index (χ2n) is 7.52. The third-order valence-electron chi connectivity index (χ3n) is 5.42. The van der Waals surface area contributed by atoms with Gasteiger partial charge in [-0.3, -0.25) is 14.4 Å². The van der Waals surface area contributed by atoms with Crippen LogP contribution in [0, 0.1) is 11.7 Å². The van der Waals surface area contributed by atoms with E-state index in [1.807, 2.05) is 0 Å². The van der Waals surface area contributed by atoms with Gasteiger partial charge in [-0.1, -0.05) is 0 Å². The van der Waals surface area contributed by atoms with Crippen molar-refractivity contribution in [2.75, 3.05) is 23.7 Å². The van der Waals surface area contributed by atoms with E-state index in [0.717, 1.165) is 0 Å². The molecule has 2 aliphatic rings. The monoisotopic (exact) mass is 411 g/mol. The first kappa shape index (κ1) is 19.9. The summed E-state index contributed by atoms with van der Waals surface area (Å²) in [5.41, 5.74) is 1.53. The SMILES string of the molecule is CC1Oc2ccc(NC(=O)C3CCN(C(=O)c4ccc(F)cc4)CC3)cc2NC1=O. The number of nitrogens with one attached hydrogen (secondary N) is 2. The molecule has 1 saturated heterocycles. The minimum atomic E-state index is -0.555. The smallest absolute Gasteiger partial charge is 0.265 e. The molecule has 2 aliphatic heterocycles. The van der Waals surface area contributed by atoms with Gasteiger partial charge in [0.05, 0.1) is 5.69 Å². The Hall–Kier alpha value is -3.42. The number of hydrogen-bond acceptors (Lipinski definition) is 4. The molecule has 0 bridgehead atoms. The van der Waals surface area contributed by atoms with Gasteiger partial charge in [0, 0.05) is 30.3 Å². The number of hydrogen-bond donors (Lipinski definition) is 2. The maximum Gasteiger partial charge on any atom is 0.265 e. The van der Waals surface area contributed by atoms with Crippen molar-refractivity contribution in [1.82, 2.24) is 4.90 Å². The van der Waals surface area contributed by atoms with Crippen molar-refractivity contribution >= 4 is 29.1 Å². The van der Waals surface area contributed by atoms with Crippen LogP contribution < -0.4 is 15.4 Å². The van der Waals surface area contributed by atoms with E-state index >= 15 is 0 Å². The van der Waals surface area contributed by atoms with Gasteiger partial charge in [-0.05, 0) is 62.2 Å². The van der Waals surface area contributed by atoms with Crippen molar-refractivity contribution in [3.8, 4) is 5.75 Å². The van der Waals surface area contributed by atoms with Crippen LogP contribution in [0.1, 0.15) is 30.1 Å². The fourth-order valence-corrected chi connectivity index (χ4v) is 3.65. The molecule has 3 amide bonds. The fourth-order valence-electron chi connectivity index (χ4n) is 3.65. The summed E-state index contributed by atoms with van der Waals surface area (Å²) in [6.07, 6.45) is 0.531. The number of fused-ring (bicyclic) bond motifs is 1. The van der Waals surface area contributed by atoms with E-state index in [1.54, 1.807) is 30.0 Å². The van der Waals surface area contributed by atoms with Gasteiger partial charge in [0.2, 0.25) is 5.91 Å². The van der Waals surface area contributed by atoms with E-state index < -0.39 is 6.10 Å². The normalized spacial score (nSPS) is 18.8. The van der Waals surface area contributed by atoms with E-state index in [9.17, 15) is 18.8 Å². The molecule has 0 aromatic heterocycles. The first-order chi connectivity index (χ1) is 14.4. The molecule has 2 aromatic rings. The number of ether oxygens (including phenoxy) is 1. The van der Waals surface area contributed by atoms with Crippen molar-refractivity contribution < 1.29 is 23.5 Å². The summed E-state index contributed by atoms with van der Waals surface area (Å²) in [5, 5.41) is 5.64. The molecule has 7 nitrogen and oxygen atoms in total. The van der Waals surface area contributed by atoms with E-state index in [1.165, 1.54) is 24.3 Å².